The molecule has 0 bridgehead atoms. The molecule has 4 heteroatoms. The summed E-state index contributed by atoms with van der Waals surface area (Å²) in [5.41, 5.74) is 1.22. The zero-order valence-corrected chi connectivity index (χ0v) is 11.2. The van der Waals surface area contributed by atoms with E-state index in [9.17, 15) is 0 Å². The van der Waals surface area contributed by atoms with Gasteiger partial charge in [-0.25, -0.2) is 0 Å². The molecule has 0 amide bonds. The molecule has 0 aromatic heterocycles. The van der Waals surface area contributed by atoms with E-state index in [0.29, 0.717) is 0 Å². The van der Waals surface area contributed by atoms with Gasteiger partial charge in [-0.05, 0) is 38.1 Å². The number of anilines is 1. The molecule has 4 nitrogen and oxygen atoms in total. The number of methoxy groups -OCH3 is 2. The smallest absolute Gasteiger partial charge is 0.162 e. The Morgan fingerprint density at radius 2 is 1.67 bits per heavy atom. The maximum Gasteiger partial charge on any atom is 0.162 e. The molecule has 1 aromatic carbocycles. The first-order valence-corrected chi connectivity index (χ1v) is 6.53. The lowest BCUT2D eigenvalue weighted by Crippen LogP contribution is -2.33. The second kappa shape index (κ2) is 6.50. The quantitative estimate of drug-likeness (QED) is 0.888. The van der Waals surface area contributed by atoms with E-state index in [1.165, 1.54) is 18.5 Å². The van der Waals surface area contributed by atoms with Gasteiger partial charge in [0.1, 0.15) is 0 Å². The highest BCUT2D eigenvalue weighted by atomic mass is 16.5. The third-order valence-corrected chi connectivity index (χ3v) is 3.30. The summed E-state index contributed by atoms with van der Waals surface area (Å²) in [6.45, 7) is 4.37. The molecule has 0 spiro atoms. The van der Waals surface area contributed by atoms with Crippen LogP contribution in [0, 0.1) is 0 Å². The Kier molecular flexibility index (Phi) is 4.70. The zero-order valence-electron chi connectivity index (χ0n) is 11.2. The van der Waals surface area contributed by atoms with E-state index >= 15 is 0 Å². The fraction of sp³-hybridized carbons (Fsp3) is 0.571. The lowest BCUT2D eigenvalue weighted by Gasteiger charge is -2.27. The van der Waals surface area contributed by atoms with Crippen LogP contribution in [0.5, 0.6) is 11.5 Å². The van der Waals surface area contributed by atoms with E-state index < -0.39 is 0 Å². The van der Waals surface area contributed by atoms with E-state index in [-0.39, 0.29) is 0 Å². The molecule has 1 fully saturated rings. The van der Waals surface area contributed by atoms with E-state index in [4.69, 9.17) is 9.47 Å². The number of nitrogens with one attached hydrogen (secondary N) is 1. The summed E-state index contributed by atoms with van der Waals surface area (Å²) in [6.07, 6.45) is 2.35. The van der Waals surface area contributed by atoms with Crippen LogP contribution in [0.3, 0.4) is 0 Å². The molecule has 1 aliphatic heterocycles. The Morgan fingerprint density at radius 1 is 1.00 bits per heavy atom. The van der Waals surface area contributed by atoms with Crippen LogP contribution in [0.2, 0.25) is 0 Å². The molecule has 1 aliphatic rings. The molecular formula is C14H22N2O2. The third-order valence-electron chi connectivity index (χ3n) is 3.30. The molecule has 1 heterocycles. The minimum atomic E-state index is 0.787. The standard InChI is InChI=1S/C14H22N2O2/c1-17-13-6-5-12(11-14(13)18-2)16-9-3-7-15-8-4-10-16/h5-6,11,15H,3-4,7-10H2,1-2H3. The largest absolute Gasteiger partial charge is 0.493 e. The van der Waals surface area contributed by atoms with E-state index in [1.807, 2.05) is 6.07 Å². The van der Waals surface area contributed by atoms with Crippen LogP contribution in [0.1, 0.15) is 12.8 Å². The molecule has 1 N–H and O–H groups in total. The lowest BCUT2D eigenvalue weighted by atomic mass is 10.2. The van der Waals surface area contributed by atoms with Crippen molar-refractivity contribution < 1.29 is 9.47 Å². The summed E-state index contributed by atoms with van der Waals surface area (Å²) in [5, 5.41) is 3.43. The van der Waals surface area contributed by atoms with Gasteiger partial charge >= 0.3 is 0 Å². The van der Waals surface area contributed by atoms with Gasteiger partial charge in [0.2, 0.25) is 0 Å². The Labute approximate surface area is 109 Å². The summed E-state index contributed by atoms with van der Waals surface area (Å²) >= 11 is 0. The highest BCUT2D eigenvalue weighted by molar-refractivity contribution is 5.56. The number of nitrogens with zero attached hydrogens (tertiary/aromatic N) is 1. The second-order valence-electron chi connectivity index (χ2n) is 4.48. The fourth-order valence-corrected chi connectivity index (χ4v) is 2.31. The van der Waals surface area contributed by atoms with Gasteiger partial charge in [-0.15, -0.1) is 0 Å². The highest BCUT2D eigenvalue weighted by Crippen LogP contribution is 2.31. The monoisotopic (exact) mass is 250 g/mol. The Balaban J connectivity index is 2.15. The van der Waals surface area contributed by atoms with E-state index in [1.54, 1.807) is 14.2 Å². The van der Waals surface area contributed by atoms with Gasteiger partial charge in [-0.3, -0.25) is 0 Å². The van der Waals surface area contributed by atoms with Crippen LogP contribution >= 0.6 is 0 Å². The Morgan fingerprint density at radius 3 is 2.28 bits per heavy atom. The average molecular weight is 250 g/mol. The van der Waals surface area contributed by atoms with Gasteiger partial charge < -0.3 is 19.7 Å². The average Bonchev–Trinajstić information content (AvgIpc) is 2.37. The molecule has 0 saturated carbocycles. The van der Waals surface area contributed by atoms with E-state index in [2.05, 4.69) is 22.3 Å². The molecule has 100 valence electrons. The molecular weight excluding hydrogens is 228 g/mol. The first-order chi connectivity index (χ1) is 8.85. The minimum Gasteiger partial charge on any atom is -0.493 e. The van der Waals surface area contributed by atoms with Crippen LogP contribution < -0.4 is 19.7 Å². The van der Waals surface area contributed by atoms with Gasteiger partial charge in [-0.2, -0.15) is 0 Å². The predicted molar refractivity (Wildman–Crippen MR) is 73.9 cm³/mol. The van der Waals surface area contributed by atoms with Gasteiger partial charge in [0.05, 0.1) is 14.2 Å². The molecule has 0 atom stereocenters. The number of benzene rings is 1. The summed E-state index contributed by atoms with van der Waals surface area (Å²) in [5.74, 6) is 1.59. The minimum absolute atomic E-state index is 0.787. The number of ether oxygens (including phenoxy) is 2. The van der Waals surface area contributed by atoms with Crippen LogP contribution in [0.15, 0.2) is 18.2 Å². The van der Waals surface area contributed by atoms with Crippen molar-refractivity contribution >= 4 is 5.69 Å². The van der Waals surface area contributed by atoms with Crippen LogP contribution in [-0.4, -0.2) is 40.4 Å². The van der Waals surface area contributed by atoms with Crippen molar-refractivity contribution in [1.29, 1.82) is 0 Å². The topological polar surface area (TPSA) is 33.7 Å². The first-order valence-electron chi connectivity index (χ1n) is 6.53. The SMILES string of the molecule is COc1ccc(N2CCCNCCC2)cc1OC. The molecule has 2 rings (SSSR count). The summed E-state index contributed by atoms with van der Waals surface area (Å²) < 4.78 is 10.6. The number of hydrogen-bond donors (Lipinski definition) is 1. The second-order valence-corrected chi connectivity index (χ2v) is 4.48. The molecule has 18 heavy (non-hydrogen) atoms. The van der Waals surface area contributed by atoms with Crippen molar-refractivity contribution in [1.82, 2.24) is 5.32 Å². The normalized spacial score (nSPS) is 16.9. The van der Waals surface area contributed by atoms with Crippen molar-refractivity contribution in [3.8, 4) is 11.5 Å². The van der Waals surface area contributed by atoms with Crippen molar-refractivity contribution in [2.75, 3.05) is 45.3 Å². The Hall–Kier alpha value is -1.42. The maximum absolute atomic E-state index is 5.36. The fourth-order valence-electron chi connectivity index (χ4n) is 2.31. The highest BCUT2D eigenvalue weighted by Gasteiger charge is 2.11. The van der Waals surface area contributed by atoms with Gasteiger partial charge in [0.15, 0.2) is 11.5 Å². The molecule has 0 radical (unpaired) electrons. The van der Waals surface area contributed by atoms with Crippen LogP contribution in [0.4, 0.5) is 5.69 Å². The zero-order chi connectivity index (χ0) is 12.8. The maximum atomic E-state index is 5.36. The summed E-state index contributed by atoms with van der Waals surface area (Å²) in [4.78, 5) is 2.42. The van der Waals surface area contributed by atoms with Crippen LogP contribution in [-0.2, 0) is 0 Å². The predicted octanol–water partition coefficient (Wildman–Crippen LogP) is 1.89. The summed E-state index contributed by atoms with van der Waals surface area (Å²) in [6, 6.07) is 6.15. The molecule has 0 unspecified atom stereocenters. The Bertz CT molecular complexity index is 374. The molecule has 1 aromatic rings. The van der Waals surface area contributed by atoms with Crippen molar-refractivity contribution in [2.45, 2.75) is 12.8 Å². The van der Waals surface area contributed by atoms with Crippen molar-refractivity contribution in [3.63, 3.8) is 0 Å². The number of hydrogen-bond acceptors (Lipinski definition) is 4. The van der Waals surface area contributed by atoms with Gasteiger partial charge in [0.25, 0.3) is 0 Å². The number of rotatable bonds is 3. The third kappa shape index (κ3) is 3.07. The first kappa shape index (κ1) is 13.0. The lowest BCUT2D eigenvalue weighted by molar-refractivity contribution is 0.355. The molecule has 0 aliphatic carbocycles. The van der Waals surface area contributed by atoms with Crippen molar-refractivity contribution in [2.24, 2.45) is 0 Å². The van der Waals surface area contributed by atoms with Crippen molar-refractivity contribution in [3.05, 3.63) is 18.2 Å². The molecule has 1 saturated heterocycles. The van der Waals surface area contributed by atoms with Gasteiger partial charge in [0, 0.05) is 24.8 Å². The summed E-state index contributed by atoms with van der Waals surface area (Å²) in [7, 11) is 3.35. The van der Waals surface area contributed by atoms with Gasteiger partial charge in [-0.1, -0.05) is 0 Å². The van der Waals surface area contributed by atoms with E-state index in [0.717, 1.165) is 37.7 Å². The van der Waals surface area contributed by atoms with Crippen LogP contribution in [0.25, 0.3) is 0 Å².